The van der Waals surface area contributed by atoms with Crippen molar-refractivity contribution < 1.29 is 0 Å². The number of rotatable bonds is 3. The lowest BCUT2D eigenvalue weighted by atomic mass is 10.1. The first-order chi connectivity index (χ1) is 9.31. The zero-order chi connectivity index (χ0) is 13.2. The lowest BCUT2D eigenvalue weighted by molar-refractivity contribution is 1.07. The maximum absolute atomic E-state index is 5.69. The SMILES string of the molecule is CNc1cc(-c2n[nH]c3ccc(CN)cc23)ccn1. The Hall–Kier alpha value is -2.40. The van der Waals surface area contributed by atoms with Crippen LogP contribution in [0, 0.1) is 0 Å². The Morgan fingerprint density at radius 3 is 2.95 bits per heavy atom. The molecule has 0 aliphatic carbocycles. The highest BCUT2D eigenvalue weighted by atomic mass is 15.1. The molecule has 0 atom stereocenters. The van der Waals surface area contributed by atoms with Crippen molar-refractivity contribution in [2.75, 3.05) is 12.4 Å². The summed E-state index contributed by atoms with van der Waals surface area (Å²) in [7, 11) is 1.85. The molecule has 2 aromatic heterocycles. The molecule has 0 spiro atoms. The van der Waals surface area contributed by atoms with Gasteiger partial charge in [0.15, 0.2) is 0 Å². The number of nitrogens with zero attached hydrogens (tertiary/aromatic N) is 2. The Bertz CT molecular complexity index is 717. The molecule has 4 N–H and O–H groups in total. The minimum absolute atomic E-state index is 0.526. The Balaban J connectivity index is 2.18. The number of aromatic nitrogens is 3. The standard InChI is InChI=1S/C14H15N5/c1-16-13-7-10(4-5-17-13)14-11-6-9(8-15)2-3-12(11)18-19-14/h2-7H,8,15H2,1H3,(H,16,17)(H,18,19). The third kappa shape index (κ3) is 2.04. The molecule has 0 radical (unpaired) electrons. The van der Waals surface area contributed by atoms with E-state index in [0.717, 1.165) is 33.5 Å². The third-order valence-corrected chi connectivity index (χ3v) is 3.15. The molecule has 0 saturated heterocycles. The van der Waals surface area contributed by atoms with Gasteiger partial charge in [0.2, 0.25) is 0 Å². The highest BCUT2D eigenvalue weighted by molar-refractivity contribution is 5.93. The van der Waals surface area contributed by atoms with E-state index >= 15 is 0 Å². The van der Waals surface area contributed by atoms with Gasteiger partial charge in [0, 0.05) is 30.7 Å². The van der Waals surface area contributed by atoms with Crippen LogP contribution in [0.2, 0.25) is 0 Å². The third-order valence-electron chi connectivity index (χ3n) is 3.15. The van der Waals surface area contributed by atoms with Gasteiger partial charge in [0.1, 0.15) is 11.5 Å². The van der Waals surface area contributed by atoms with Crippen LogP contribution >= 0.6 is 0 Å². The summed E-state index contributed by atoms with van der Waals surface area (Å²) in [5.74, 6) is 0.823. The second kappa shape index (κ2) is 4.70. The van der Waals surface area contributed by atoms with Crippen LogP contribution < -0.4 is 11.1 Å². The first-order valence-electron chi connectivity index (χ1n) is 6.13. The molecular weight excluding hydrogens is 238 g/mol. The van der Waals surface area contributed by atoms with Crippen LogP contribution in [-0.2, 0) is 6.54 Å². The second-order valence-corrected chi connectivity index (χ2v) is 4.34. The smallest absolute Gasteiger partial charge is 0.126 e. The van der Waals surface area contributed by atoms with E-state index in [1.165, 1.54) is 0 Å². The molecule has 0 saturated carbocycles. The Morgan fingerprint density at radius 2 is 2.16 bits per heavy atom. The number of nitrogens with one attached hydrogen (secondary N) is 2. The number of pyridine rings is 1. The minimum atomic E-state index is 0.526. The fraction of sp³-hybridized carbons (Fsp3) is 0.143. The molecule has 0 unspecified atom stereocenters. The van der Waals surface area contributed by atoms with Gasteiger partial charge in [-0.1, -0.05) is 6.07 Å². The van der Waals surface area contributed by atoms with Crippen molar-refractivity contribution in [1.29, 1.82) is 0 Å². The van der Waals surface area contributed by atoms with E-state index in [1.807, 2.05) is 31.3 Å². The molecule has 0 amide bonds. The van der Waals surface area contributed by atoms with Crippen LogP contribution in [0.3, 0.4) is 0 Å². The monoisotopic (exact) mass is 253 g/mol. The number of nitrogens with two attached hydrogens (primary N) is 1. The molecule has 1 aromatic carbocycles. The van der Waals surface area contributed by atoms with E-state index in [0.29, 0.717) is 6.54 Å². The number of hydrogen-bond acceptors (Lipinski definition) is 4. The van der Waals surface area contributed by atoms with Gasteiger partial charge in [-0.2, -0.15) is 5.10 Å². The highest BCUT2D eigenvalue weighted by Gasteiger charge is 2.09. The molecule has 0 bridgehead atoms. The quantitative estimate of drug-likeness (QED) is 0.668. The number of benzene rings is 1. The van der Waals surface area contributed by atoms with Gasteiger partial charge in [-0.25, -0.2) is 4.98 Å². The molecule has 3 aromatic rings. The summed E-state index contributed by atoms with van der Waals surface area (Å²) in [6.45, 7) is 0.526. The zero-order valence-corrected chi connectivity index (χ0v) is 10.6. The summed E-state index contributed by atoms with van der Waals surface area (Å²) in [5.41, 5.74) is 9.75. The molecule has 0 fully saturated rings. The van der Waals surface area contributed by atoms with E-state index in [9.17, 15) is 0 Å². The lowest BCUT2D eigenvalue weighted by Gasteiger charge is -2.02. The largest absolute Gasteiger partial charge is 0.373 e. The average Bonchev–Trinajstić information content (AvgIpc) is 2.90. The van der Waals surface area contributed by atoms with Crippen LogP contribution in [0.4, 0.5) is 5.82 Å². The molecular formula is C14H15N5. The van der Waals surface area contributed by atoms with Crippen molar-refractivity contribution in [3.05, 3.63) is 42.1 Å². The van der Waals surface area contributed by atoms with Gasteiger partial charge in [-0.15, -0.1) is 0 Å². The van der Waals surface area contributed by atoms with Gasteiger partial charge in [-0.05, 0) is 29.8 Å². The Kier molecular flexibility index (Phi) is 2.89. The summed E-state index contributed by atoms with van der Waals surface area (Å²) in [5, 5.41) is 11.5. The van der Waals surface area contributed by atoms with Crippen LogP contribution in [0.15, 0.2) is 36.5 Å². The molecule has 2 heterocycles. The summed E-state index contributed by atoms with van der Waals surface area (Å²) >= 11 is 0. The zero-order valence-electron chi connectivity index (χ0n) is 10.6. The van der Waals surface area contributed by atoms with E-state index in [1.54, 1.807) is 6.20 Å². The lowest BCUT2D eigenvalue weighted by Crippen LogP contribution is -1.95. The number of aromatic amines is 1. The number of anilines is 1. The summed E-state index contributed by atoms with van der Waals surface area (Å²) < 4.78 is 0. The fourth-order valence-electron chi connectivity index (χ4n) is 2.12. The van der Waals surface area contributed by atoms with Crippen molar-refractivity contribution >= 4 is 16.7 Å². The van der Waals surface area contributed by atoms with Gasteiger partial charge in [0.25, 0.3) is 0 Å². The number of H-pyrrole nitrogens is 1. The first kappa shape index (κ1) is 11.7. The minimum Gasteiger partial charge on any atom is -0.373 e. The van der Waals surface area contributed by atoms with Crippen LogP contribution in [0.25, 0.3) is 22.2 Å². The van der Waals surface area contributed by atoms with E-state index in [-0.39, 0.29) is 0 Å². The van der Waals surface area contributed by atoms with Gasteiger partial charge >= 0.3 is 0 Å². The Morgan fingerprint density at radius 1 is 1.26 bits per heavy atom. The highest BCUT2D eigenvalue weighted by Crippen LogP contribution is 2.27. The number of hydrogen-bond donors (Lipinski definition) is 3. The van der Waals surface area contributed by atoms with Crippen molar-refractivity contribution in [2.45, 2.75) is 6.54 Å². The predicted molar refractivity (Wildman–Crippen MR) is 76.8 cm³/mol. The van der Waals surface area contributed by atoms with Crippen molar-refractivity contribution in [2.24, 2.45) is 5.73 Å². The van der Waals surface area contributed by atoms with E-state index in [4.69, 9.17) is 5.73 Å². The maximum Gasteiger partial charge on any atom is 0.126 e. The van der Waals surface area contributed by atoms with Gasteiger partial charge < -0.3 is 11.1 Å². The van der Waals surface area contributed by atoms with Crippen LogP contribution in [0.5, 0.6) is 0 Å². The van der Waals surface area contributed by atoms with Crippen molar-refractivity contribution in [3.63, 3.8) is 0 Å². The molecule has 5 nitrogen and oxygen atoms in total. The summed E-state index contributed by atoms with van der Waals surface area (Å²) in [4.78, 5) is 4.21. The topological polar surface area (TPSA) is 79.6 Å². The fourth-order valence-corrected chi connectivity index (χ4v) is 2.12. The Labute approximate surface area is 110 Å². The molecule has 3 rings (SSSR count). The van der Waals surface area contributed by atoms with Crippen molar-refractivity contribution in [1.82, 2.24) is 15.2 Å². The van der Waals surface area contributed by atoms with Crippen LogP contribution in [0.1, 0.15) is 5.56 Å². The molecule has 5 heteroatoms. The molecule has 96 valence electrons. The van der Waals surface area contributed by atoms with Crippen molar-refractivity contribution in [3.8, 4) is 11.3 Å². The van der Waals surface area contributed by atoms with Gasteiger partial charge in [0.05, 0.1) is 5.52 Å². The molecule has 0 aliphatic heterocycles. The van der Waals surface area contributed by atoms with E-state index < -0.39 is 0 Å². The molecule has 19 heavy (non-hydrogen) atoms. The molecule has 0 aliphatic rings. The predicted octanol–water partition coefficient (Wildman–Crippen LogP) is 2.13. The van der Waals surface area contributed by atoms with Gasteiger partial charge in [-0.3, -0.25) is 5.10 Å². The van der Waals surface area contributed by atoms with Crippen LogP contribution in [-0.4, -0.2) is 22.2 Å². The summed E-state index contributed by atoms with van der Waals surface area (Å²) in [6, 6.07) is 10.0. The normalized spacial score (nSPS) is 10.8. The number of fused-ring (bicyclic) bond motifs is 1. The average molecular weight is 253 g/mol. The summed E-state index contributed by atoms with van der Waals surface area (Å²) in [6.07, 6.45) is 1.77. The second-order valence-electron chi connectivity index (χ2n) is 4.34. The van der Waals surface area contributed by atoms with E-state index in [2.05, 4.69) is 26.6 Å². The first-order valence-corrected chi connectivity index (χ1v) is 6.13. The maximum atomic E-state index is 5.69.